The number of anilines is 1. The highest BCUT2D eigenvalue weighted by atomic mass is 16.5. The van der Waals surface area contributed by atoms with Crippen molar-refractivity contribution in [3.05, 3.63) is 53.2 Å². The normalized spacial score (nSPS) is 20.8. The molecular weight excluding hydrogens is 432 g/mol. The number of benzene rings is 2. The van der Waals surface area contributed by atoms with Gasteiger partial charge in [-0.2, -0.15) is 0 Å². The molecular formula is C26H30N4O4. The standard InChI is InChI=1S/C26H30N4O4/c1-33-16-3-4-21-19(11-16)17-8-10-28-25(32)6-5-24(31)27-9-7-15-14-29-22-12-20(26(17)30-21)23(34-2)13-18(15)22/h3-4,11-14,17,26,29-30H,5-10H2,1-2H3,(H,27,31)(H,28,32). The first-order valence-electron chi connectivity index (χ1n) is 11.7. The van der Waals surface area contributed by atoms with E-state index in [1.807, 2.05) is 18.3 Å². The van der Waals surface area contributed by atoms with Gasteiger partial charge < -0.3 is 30.4 Å². The predicted molar refractivity (Wildman–Crippen MR) is 131 cm³/mol. The Morgan fingerprint density at radius 2 is 1.68 bits per heavy atom. The van der Waals surface area contributed by atoms with E-state index < -0.39 is 0 Å². The van der Waals surface area contributed by atoms with Crippen LogP contribution in [0.1, 0.15) is 47.9 Å². The highest BCUT2D eigenvalue weighted by Gasteiger charge is 2.35. The van der Waals surface area contributed by atoms with Crippen molar-refractivity contribution in [2.24, 2.45) is 0 Å². The van der Waals surface area contributed by atoms with Crippen molar-refractivity contribution in [3.8, 4) is 11.5 Å². The van der Waals surface area contributed by atoms with Gasteiger partial charge in [0.2, 0.25) is 11.8 Å². The van der Waals surface area contributed by atoms with Crippen LogP contribution in [0.5, 0.6) is 11.5 Å². The highest BCUT2D eigenvalue weighted by molar-refractivity contribution is 5.87. The Kier molecular flexibility index (Phi) is 6.04. The maximum Gasteiger partial charge on any atom is 0.220 e. The van der Waals surface area contributed by atoms with Crippen LogP contribution in [-0.4, -0.2) is 44.1 Å². The van der Waals surface area contributed by atoms with E-state index in [0.29, 0.717) is 19.5 Å². The number of aromatic amines is 1. The fraction of sp³-hybridized carbons (Fsp3) is 0.385. The molecule has 0 saturated carbocycles. The van der Waals surface area contributed by atoms with Crippen molar-refractivity contribution in [3.63, 3.8) is 0 Å². The van der Waals surface area contributed by atoms with Crippen molar-refractivity contribution in [2.45, 2.75) is 37.6 Å². The zero-order valence-electron chi connectivity index (χ0n) is 19.5. The minimum absolute atomic E-state index is 0.0240. The van der Waals surface area contributed by atoms with E-state index in [9.17, 15) is 9.59 Å². The first-order valence-corrected chi connectivity index (χ1v) is 11.7. The Balaban J connectivity index is 1.57. The van der Waals surface area contributed by atoms with E-state index in [2.05, 4.69) is 39.1 Å². The minimum Gasteiger partial charge on any atom is -0.497 e. The van der Waals surface area contributed by atoms with Crippen molar-refractivity contribution < 1.29 is 19.1 Å². The molecule has 0 aliphatic carbocycles. The number of amides is 2. The second-order valence-electron chi connectivity index (χ2n) is 8.87. The van der Waals surface area contributed by atoms with Crippen LogP contribution in [-0.2, 0) is 16.0 Å². The molecule has 0 radical (unpaired) electrons. The van der Waals surface area contributed by atoms with Gasteiger partial charge in [-0.25, -0.2) is 0 Å². The third kappa shape index (κ3) is 4.16. The summed E-state index contributed by atoms with van der Waals surface area (Å²) in [5.41, 5.74) is 5.43. The van der Waals surface area contributed by atoms with E-state index in [4.69, 9.17) is 9.47 Å². The summed E-state index contributed by atoms with van der Waals surface area (Å²) in [4.78, 5) is 27.9. The molecule has 3 aliphatic rings. The van der Waals surface area contributed by atoms with Gasteiger partial charge in [-0.15, -0.1) is 0 Å². The molecule has 0 spiro atoms. The fourth-order valence-electron chi connectivity index (χ4n) is 5.13. The Bertz CT molecular complexity index is 1240. The molecule has 3 aromatic rings. The van der Waals surface area contributed by atoms with Gasteiger partial charge in [0.15, 0.2) is 0 Å². The lowest BCUT2D eigenvalue weighted by molar-refractivity contribution is -0.126. The molecule has 6 rings (SSSR count). The van der Waals surface area contributed by atoms with Crippen molar-refractivity contribution >= 4 is 28.4 Å². The third-order valence-corrected chi connectivity index (χ3v) is 6.90. The van der Waals surface area contributed by atoms with Crippen LogP contribution in [0, 0.1) is 0 Å². The number of hydrogen-bond acceptors (Lipinski definition) is 5. The van der Waals surface area contributed by atoms with Crippen LogP contribution in [0.4, 0.5) is 5.69 Å². The lowest BCUT2D eigenvalue weighted by Crippen LogP contribution is -2.30. The maximum absolute atomic E-state index is 12.4. The molecule has 34 heavy (non-hydrogen) atoms. The highest BCUT2D eigenvalue weighted by Crippen LogP contribution is 2.49. The minimum atomic E-state index is -0.111. The molecule has 2 amide bonds. The number of methoxy groups -OCH3 is 2. The van der Waals surface area contributed by atoms with Crippen molar-refractivity contribution in [2.75, 3.05) is 32.6 Å². The second-order valence-corrected chi connectivity index (χ2v) is 8.87. The molecule has 4 bridgehead atoms. The molecule has 2 aromatic carbocycles. The Morgan fingerprint density at radius 3 is 2.44 bits per heavy atom. The molecule has 0 fully saturated rings. The van der Waals surface area contributed by atoms with Crippen LogP contribution in [0.15, 0.2) is 36.5 Å². The summed E-state index contributed by atoms with van der Waals surface area (Å²) in [5, 5.41) is 10.7. The van der Waals surface area contributed by atoms with Gasteiger partial charge in [0.05, 0.1) is 20.3 Å². The third-order valence-electron chi connectivity index (χ3n) is 6.90. The van der Waals surface area contributed by atoms with Crippen LogP contribution in [0.25, 0.3) is 10.9 Å². The summed E-state index contributed by atoms with van der Waals surface area (Å²) in [7, 11) is 3.36. The molecule has 2 unspecified atom stereocenters. The Morgan fingerprint density at radius 1 is 0.882 bits per heavy atom. The summed E-state index contributed by atoms with van der Waals surface area (Å²) in [6.45, 7) is 1.03. The van der Waals surface area contributed by atoms with Crippen molar-refractivity contribution in [1.82, 2.24) is 15.6 Å². The monoisotopic (exact) mass is 462 g/mol. The van der Waals surface area contributed by atoms with Gasteiger partial charge in [0, 0.05) is 60.2 Å². The van der Waals surface area contributed by atoms with Gasteiger partial charge in [-0.3, -0.25) is 9.59 Å². The Hall–Kier alpha value is -3.68. The lowest BCUT2D eigenvalue weighted by Gasteiger charge is -2.23. The number of ether oxygens (including phenoxy) is 2. The van der Waals surface area contributed by atoms with Crippen LogP contribution in [0.3, 0.4) is 0 Å². The predicted octanol–water partition coefficient (Wildman–Crippen LogP) is 3.39. The van der Waals surface area contributed by atoms with Crippen LogP contribution >= 0.6 is 0 Å². The number of H-pyrrole nitrogens is 1. The maximum atomic E-state index is 12.4. The molecule has 8 heteroatoms. The summed E-state index contributed by atoms with van der Waals surface area (Å²) < 4.78 is 11.3. The number of rotatable bonds is 2. The van der Waals surface area contributed by atoms with E-state index in [0.717, 1.165) is 51.2 Å². The zero-order valence-corrected chi connectivity index (χ0v) is 19.5. The fourth-order valence-corrected chi connectivity index (χ4v) is 5.13. The number of fused-ring (bicyclic) bond motifs is 11. The molecule has 3 aliphatic heterocycles. The van der Waals surface area contributed by atoms with Crippen LogP contribution in [0.2, 0.25) is 0 Å². The second kappa shape index (κ2) is 9.29. The SMILES string of the molecule is COc1ccc2c(c1)C1CCNC(=O)CCC(=O)NCCc3c[nH]c4cc(c(OC)cc34)C1N2. The summed E-state index contributed by atoms with van der Waals surface area (Å²) in [5.74, 6) is 1.50. The molecule has 8 nitrogen and oxygen atoms in total. The van der Waals surface area contributed by atoms with E-state index >= 15 is 0 Å². The molecule has 0 saturated heterocycles. The summed E-state index contributed by atoms with van der Waals surface area (Å²) >= 11 is 0. The number of hydrogen-bond donors (Lipinski definition) is 4. The van der Waals surface area contributed by atoms with Crippen molar-refractivity contribution in [1.29, 1.82) is 0 Å². The Labute approximate surface area is 198 Å². The number of aromatic nitrogens is 1. The quantitative estimate of drug-likeness (QED) is 0.467. The van der Waals surface area contributed by atoms with Gasteiger partial charge in [-0.05, 0) is 54.3 Å². The van der Waals surface area contributed by atoms with Gasteiger partial charge in [0.25, 0.3) is 0 Å². The van der Waals surface area contributed by atoms with Gasteiger partial charge >= 0.3 is 0 Å². The number of carbonyl (C=O) groups excluding carboxylic acids is 2. The van der Waals surface area contributed by atoms with Gasteiger partial charge in [-0.1, -0.05) is 0 Å². The summed E-state index contributed by atoms with van der Waals surface area (Å²) in [6, 6.07) is 10.3. The zero-order chi connectivity index (χ0) is 23.7. The molecule has 1 aromatic heterocycles. The number of carbonyl (C=O) groups is 2. The largest absolute Gasteiger partial charge is 0.497 e. The lowest BCUT2D eigenvalue weighted by atomic mass is 9.87. The van der Waals surface area contributed by atoms with Crippen LogP contribution < -0.4 is 25.4 Å². The summed E-state index contributed by atoms with van der Waals surface area (Å²) in [6.07, 6.45) is 3.78. The molecule has 2 atom stereocenters. The number of nitrogens with one attached hydrogen (secondary N) is 4. The molecule has 178 valence electrons. The average molecular weight is 463 g/mol. The van der Waals surface area contributed by atoms with E-state index in [1.165, 1.54) is 0 Å². The molecule has 4 N–H and O–H groups in total. The van der Waals surface area contributed by atoms with Gasteiger partial charge in [0.1, 0.15) is 11.5 Å². The topological polar surface area (TPSA) is 104 Å². The smallest absolute Gasteiger partial charge is 0.220 e. The first-order chi connectivity index (χ1) is 16.6. The van der Waals surface area contributed by atoms with E-state index in [-0.39, 0.29) is 36.6 Å². The average Bonchev–Trinajstić information content (AvgIpc) is 3.41. The first kappa shape index (κ1) is 22.1. The van der Waals surface area contributed by atoms with E-state index in [1.54, 1.807) is 14.2 Å². The molecule has 4 heterocycles.